The summed E-state index contributed by atoms with van der Waals surface area (Å²) < 4.78 is 0. The first-order chi connectivity index (χ1) is 8.56. The predicted molar refractivity (Wildman–Crippen MR) is 74.2 cm³/mol. The number of anilines is 1. The molecule has 1 heterocycles. The maximum Gasteiger partial charge on any atom is 0.269 e. The standard InChI is InChI=1S/C13H14N2O2S/c1-9-7-13(18-10(9)2)8-14-11-3-5-12(6-4-11)15(16)17/h3-7,14H,8H2,1-2H3. The molecule has 94 valence electrons. The maximum absolute atomic E-state index is 10.5. The highest BCUT2D eigenvalue weighted by Gasteiger charge is 2.04. The summed E-state index contributed by atoms with van der Waals surface area (Å²) in [6.07, 6.45) is 0. The molecular weight excluding hydrogens is 248 g/mol. The van der Waals surface area contributed by atoms with Crippen LogP contribution in [0, 0.1) is 24.0 Å². The quantitative estimate of drug-likeness (QED) is 0.672. The van der Waals surface area contributed by atoms with Crippen molar-refractivity contribution in [2.45, 2.75) is 20.4 Å². The molecule has 18 heavy (non-hydrogen) atoms. The van der Waals surface area contributed by atoms with E-state index in [-0.39, 0.29) is 5.69 Å². The Bertz CT molecular complexity index is 541. The Balaban J connectivity index is 2.00. The average molecular weight is 262 g/mol. The molecule has 0 spiro atoms. The van der Waals surface area contributed by atoms with Crippen LogP contribution in [-0.4, -0.2) is 4.92 Å². The topological polar surface area (TPSA) is 55.2 Å². The van der Waals surface area contributed by atoms with Crippen LogP contribution < -0.4 is 5.32 Å². The lowest BCUT2D eigenvalue weighted by Gasteiger charge is -2.03. The largest absolute Gasteiger partial charge is 0.380 e. The third-order valence-electron chi connectivity index (χ3n) is 2.76. The fourth-order valence-corrected chi connectivity index (χ4v) is 2.62. The van der Waals surface area contributed by atoms with Gasteiger partial charge in [-0.25, -0.2) is 0 Å². The molecule has 0 saturated carbocycles. The SMILES string of the molecule is Cc1cc(CNc2ccc([N+](=O)[O-])cc2)sc1C. The fourth-order valence-electron chi connectivity index (χ4n) is 1.63. The number of rotatable bonds is 4. The van der Waals surface area contributed by atoms with Gasteiger partial charge < -0.3 is 5.32 Å². The van der Waals surface area contributed by atoms with Crippen LogP contribution in [0.15, 0.2) is 30.3 Å². The van der Waals surface area contributed by atoms with E-state index >= 15 is 0 Å². The number of non-ortho nitro benzene ring substituents is 1. The van der Waals surface area contributed by atoms with Crippen molar-refractivity contribution in [3.05, 3.63) is 55.8 Å². The number of nitro groups is 1. The number of benzene rings is 1. The summed E-state index contributed by atoms with van der Waals surface area (Å²) in [6.45, 7) is 4.95. The van der Waals surface area contributed by atoms with Gasteiger partial charge in [0, 0.05) is 34.1 Å². The molecule has 0 radical (unpaired) electrons. The molecule has 5 heteroatoms. The van der Waals surface area contributed by atoms with E-state index in [1.54, 1.807) is 23.5 Å². The van der Waals surface area contributed by atoms with Crippen LogP contribution in [0.1, 0.15) is 15.3 Å². The summed E-state index contributed by atoms with van der Waals surface area (Å²) in [5.41, 5.74) is 2.31. The summed E-state index contributed by atoms with van der Waals surface area (Å²) in [5, 5.41) is 13.8. The van der Waals surface area contributed by atoms with E-state index in [2.05, 4.69) is 25.2 Å². The summed E-state index contributed by atoms with van der Waals surface area (Å²) in [6, 6.07) is 8.63. The highest BCUT2D eigenvalue weighted by molar-refractivity contribution is 7.12. The Morgan fingerprint density at radius 2 is 1.94 bits per heavy atom. The van der Waals surface area contributed by atoms with E-state index in [0.29, 0.717) is 0 Å². The van der Waals surface area contributed by atoms with Crippen molar-refractivity contribution in [3.63, 3.8) is 0 Å². The molecule has 1 N–H and O–H groups in total. The first kappa shape index (κ1) is 12.6. The summed E-state index contributed by atoms with van der Waals surface area (Å²) in [4.78, 5) is 12.7. The molecule has 0 amide bonds. The van der Waals surface area contributed by atoms with Gasteiger partial charge in [0.2, 0.25) is 0 Å². The lowest BCUT2D eigenvalue weighted by Crippen LogP contribution is -1.97. The average Bonchev–Trinajstić information content (AvgIpc) is 2.67. The third kappa shape index (κ3) is 2.87. The van der Waals surface area contributed by atoms with E-state index in [0.717, 1.165) is 12.2 Å². The molecule has 0 atom stereocenters. The Morgan fingerprint density at radius 1 is 1.28 bits per heavy atom. The molecule has 0 saturated heterocycles. The van der Waals surface area contributed by atoms with Crippen LogP contribution in [0.3, 0.4) is 0 Å². The molecule has 0 bridgehead atoms. The van der Waals surface area contributed by atoms with Crippen molar-refractivity contribution in [3.8, 4) is 0 Å². The normalized spacial score (nSPS) is 10.3. The van der Waals surface area contributed by atoms with Gasteiger partial charge in [-0.2, -0.15) is 0 Å². The Kier molecular flexibility index (Phi) is 3.62. The van der Waals surface area contributed by atoms with Gasteiger partial charge in [0.1, 0.15) is 0 Å². The summed E-state index contributed by atoms with van der Waals surface area (Å²) in [7, 11) is 0. The third-order valence-corrected chi connectivity index (χ3v) is 3.91. The number of nitrogens with one attached hydrogen (secondary N) is 1. The highest BCUT2D eigenvalue weighted by atomic mass is 32.1. The number of nitrogens with zero attached hydrogens (tertiary/aromatic N) is 1. The lowest BCUT2D eigenvalue weighted by atomic mass is 10.2. The predicted octanol–water partition coefficient (Wildman–Crippen LogP) is 3.89. The first-order valence-electron chi connectivity index (χ1n) is 5.60. The van der Waals surface area contributed by atoms with Crippen molar-refractivity contribution in [2.75, 3.05) is 5.32 Å². The van der Waals surface area contributed by atoms with E-state index in [4.69, 9.17) is 0 Å². The first-order valence-corrected chi connectivity index (χ1v) is 6.42. The Hall–Kier alpha value is -1.88. The highest BCUT2D eigenvalue weighted by Crippen LogP contribution is 2.22. The van der Waals surface area contributed by atoms with Crippen molar-refractivity contribution >= 4 is 22.7 Å². The number of hydrogen-bond donors (Lipinski definition) is 1. The monoisotopic (exact) mass is 262 g/mol. The van der Waals surface area contributed by atoms with Crippen molar-refractivity contribution in [1.29, 1.82) is 0 Å². The zero-order valence-electron chi connectivity index (χ0n) is 10.3. The van der Waals surface area contributed by atoms with Gasteiger partial charge >= 0.3 is 0 Å². The lowest BCUT2D eigenvalue weighted by molar-refractivity contribution is -0.384. The molecule has 2 rings (SSSR count). The van der Waals surface area contributed by atoms with Gasteiger partial charge in [0.05, 0.1) is 4.92 Å². The molecule has 2 aromatic rings. The molecule has 1 aromatic heterocycles. The number of aryl methyl sites for hydroxylation is 2. The second kappa shape index (κ2) is 5.18. The second-order valence-corrected chi connectivity index (χ2v) is 5.45. The van der Waals surface area contributed by atoms with Crippen LogP contribution in [0.25, 0.3) is 0 Å². The molecular formula is C13H14N2O2S. The van der Waals surface area contributed by atoms with E-state index in [1.807, 2.05) is 0 Å². The van der Waals surface area contributed by atoms with Crippen molar-refractivity contribution in [2.24, 2.45) is 0 Å². The van der Waals surface area contributed by atoms with Crippen LogP contribution in [0.2, 0.25) is 0 Å². The number of nitro benzene ring substituents is 1. The van der Waals surface area contributed by atoms with E-state index < -0.39 is 4.92 Å². The minimum Gasteiger partial charge on any atom is -0.380 e. The molecule has 0 unspecified atom stereocenters. The molecule has 0 aliphatic carbocycles. The molecule has 0 aliphatic heterocycles. The van der Waals surface area contributed by atoms with Gasteiger partial charge in [0.15, 0.2) is 0 Å². The van der Waals surface area contributed by atoms with Gasteiger partial charge in [-0.15, -0.1) is 11.3 Å². The molecule has 1 aromatic carbocycles. The van der Waals surface area contributed by atoms with Crippen molar-refractivity contribution < 1.29 is 4.92 Å². The van der Waals surface area contributed by atoms with Crippen LogP contribution >= 0.6 is 11.3 Å². The zero-order chi connectivity index (χ0) is 13.1. The van der Waals surface area contributed by atoms with Crippen LogP contribution in [0.5, 0.6) is 0 Å². The summed E-state index contributed by atoms with van der Waals surface area (Å²) in [5.74, 6) is 0. The van der Waals surface area contributed by atoms with Gasteiger partial charge in [0.25, 0.3) is 5.69 Å². The number of thiophene rings is 1. The van der Waals surface area contributed by atoms with E-state index in [9.17, 15) is 10.1 Å². The minimum absolute atomic E-state index is 0.114. The molecule has 0 aliphatic rings. The second-order valence-electron chi connectivity index (χ2n) is 4.11. The molecule has 0 fully saturated rings. The van der Waals surface area contributed by atoms with Gasteiger partial charge in [-0.05, 0) is 37.6 Å². The van der Waals surface area contributed by atoms with Gasteiger partial charge in [-0.3, -0.25) is 10.1 Å². The van der Waals surface area contributed by atoms with Gasteiger partial charge in [-0.1, -0.05) is 0 Å². The fraction of sp³-hybridized carbons (Fsp3) is 0.231. The summed E-state index contributed by atoms with van der Waals surface area (Å²) >= 11 is 1.77. The van der Waals surface area contributed by atoms with E-state index in [1.165, 1.54) is 27.5 Å². The Labute approximate surface area is 109 Å². The molecule has 4 nitrogen and oxygen atoms in total. The maximum atomic E-state index is 10.5. The smallest absolute Gasteiger partial charge is 0.269 e. The van der Waals surface area contributed by atoms with Crippen LogP contribution in [-0.2, 0) is 6.54 Å². The van der Waals surface area contributed by atoms with Crippen molar-refractivity contribution in [1.82, 2.24) is 0 Å². The minimum atomic E-state index is -0.393. The van der Waals surface area contributed by atoms with Crippen LogP contribution in [0.4, 0.5) is 11.4 Å². The zero-order valence-corrected chi connectivity index (χ0v) is 11.1. The Morgan fingerprint density at radius 3 is 2.44 bits per heavy atom. The number of hydrogen-bond acceptors (Lipinski definition) is 4.